The van der Waals surface area contributed by atoms with Crippen LogP contribution in [-0.2, 0) is 23.1 Å². The summed E-state index contributed by atoms with van der Waals surface area (Å²) in [7, 11) is 0. The minimum absolute atomic E-state index is 0.444. The molecule has 0 atom stereocenters. The van der Waals surface area contributed by atoms with Gasteiger partial charge in [-0.05, 0) is 0 Å². The monoisotopic (exact) mass is 149 g/mol. The fraction of sp³-hybridized carbons (Fsp3) is 0.250. The first-order chi connectivity index (χ1) is 3.18. The first kappa shape index (κ1) is 6.83. The quantitative estimate of drug-likeness (QED) is 0.437. The molecule has 0 aromatic carbocycles. The molecule has 0 unspecified atom stereocenters. The van der Waals surface area contributed by atoms with Crippen LogP contribution >= 0.6 is 0 Å². The first-order valence-corrected chi connectivity index (χ1v) is 3.59. The van der Waals surface area contributed by atoms with Crippen molar-refractivity contribution in [1.29, 1.82) is 0 Å². The molecule has 0 saturated carbocycles. The van der Waals surface area contributed by atoms with Gasteiger partial charge in [0.2, 0.25) is 0 Å². The van der Waals surface area contributed by atoms with E-state index < -0.39 is 5.97 Å². The van der Waals surface area contributed by atoms with E-state index in [-0.39, 0.29) is 0 Å². The van der Waals surface area contributed by atoms with Gasteiger partial charge in [-0.25, -0.2) is 0 Å². The van der Waals surface area contributed by atoms with Crippen LogP contribution in [0.2, 0.25) is 0 Å². The number of carboxylic acids is 1. The van der Waals surface area contributed by atoms with Crippen molar-refractivity contribution in [3.8, 4) is 0 Å². The second-order valence-corrected chi connectivity index (χ2v) is 2.05. The van der Waals surface area contributed by atoms with Crippen molar-refractivity contribution in [2.45, 2.75) is 6.92 Å². The molecule has 0 aromatic heterocycles. The molecule has 0 amide bonds. The fourth-order valence-corrected chi connectivity index (χ4v) is 0.454. The van der Waals surface area contributed by atoms with Gasteiger partial charge >= 0.3 is 51.3 Å². The predicted molar refractivity (Wildman–Crippen MR) is 21.4 cm³/mol. The predicted octanol–water partition coefficient (Wildman–Crippen LogP) is 0.522. The van der Waals surface area contributed by atoms with Gasteiger partial charge in [0, 0.05) is 0 Å². The maximum atomic E-state index is 9.88. The molecule has 3 heteroatoms. The van der Waals surface area contributed by atoms with Crippen LogP contribution in [0.3, 0.4) is 0 Å². The summed E-state index contributed by atoms with van der Waals surface area (Å²) >= 11 is 0.915. The third-order valence-electron chi connectivity index (χ3n) is 0.644. The molecule has 2 nitrogen and oxygen atoms in total. The Hall–Kier alpha value is -0.167. The Balaban J connectivity index is 3.82. The Bertz CT molecular complexity index is 106. The molecule has 0 aliphatic heterocycles. The van der Waals surface area contributed by atoms with E-state index in [0.717, 1.165) is 18.3 Å². The van der Waals surface area contributed by atoms with Crippen molar-refractivity contribution in [3.05, 3.63) is 10.2 Å². The number of hydrogen-bond acceptors (Lipinski definition) is 1. The number of rotatable bonds is 1. The Morgan fingerprint density at radius 3 is 2.29 bits per heavy atom. The molecule has 0 aromatic rings. The van der Waals surface area contributed by atoms with Gasteiger partial charge in [0.15, 0.2) is 0 Å². The van der Waals surface area contributed by atoms with Gasteiger partial charge in [0.05, 0.1) is 0 Å². The molecular weight excluding hydrogens is 145 g/mol. The zero-order valence-electron chi connectivity index (χ0n) is 4.14. The SMILES string of the molecule is CC(=[CH][Zn])C(=O)O. The van der Waals surface area contributed by atoms with Crippen LogP contribution in [0, 0.1) is 0 Å². The molecule has 0 aliphatic carbocycles. The second kappa shape index (κ2) is 2.92. The van der Waals surface area contributed by atoms with Gasteiger partial charge < -0.3 is 0 Å². The summed E-state index contributed by atoms with van der Waals surface area (Å²) in [5.41, 5.74) is 0.444. The van der Waals surface area contributed by atoms with Crippen LogP contribution in [0.1, 0.15) is 6.92 Å². The molecule has 0 fully saturated rings. The molecule has 0 heterocycles. The summed E-state index contributed by atoms with van der Waals surface area (Å²) in [5.74, 6) is -0.814. The summed E-state index contributed by atoms with van der Waals surface area (Å²) in [6.45, 7) is 1.59. The maximum absolute atomic E-state index is 9.88. The molecule has 7 heavy (non-hydrogen) atoms. The summed E-state index contributed by atoms with van der Waals surface area (Å²) in [4.78, 5) is 9.88. The Labute approximate surface area is 51.9 Å². The van der Waals surface area contributed by atoms with E-state index in [2.05, 4.69) is 0 Å². The van der Waals surface area contributed by atoms with Gasteiger partial charge in [-0.15, -0.1) is 0 Å². The molecular formula is C4H5O2Zn. The van der Waals surface area contributed by atoms with E-state index >= 15 is 0 Å². The normalized spacial score (nSPS) is 11.6. The Morgan fingerprint density at radius 1 is 1.86 bits per heavy atom. The molecule has 0 saturated heterocycles. The minimum atomic E-state index is -0.814. The van der Waals surface area contributed by atoms with Crippen LogP contribution in [0.4, 0.5) is 0 Å². The van der Waals surface area contributed by atoms with Gasteiger partial charge in [-0.1, -0.05) is 0 Å². The molecule has 1 N–H and O–H groups in total. The number of carboxylic acid groups (broad SMARTS) is 1. The first-order valence-electron chi connectivity index (χ1n) is 1.87. The van der Waals surface area contributed by atoms with Crippen molar-refractivity contribution in [1.82, 2.24) is 0 Å². The fourth-order valence-electron chi connectivity index (χ4n) is 0.0873. The number of aliphatic carboxylic acids is 1. The molecule has 0 spiro atoms. The Kier molecular flexibility index (Phi) is 2.85. The van der Waals surface area contributed by atoms with Gasteiger partial charge in [0.1, 0.15) is 0 Å². The third-order valence-corrected chi connectivity index (χ3v) is 1.93. The number of hydrogen-bond donors (Lipinski definition) is 1. The van der Waals surface area contributed by atoms with Crippen molar-refractivity contribution in [2.24, 2.45) is 0 Å². The average Bonchev–Trinajstić information content (AvgIpc) is 1.65. The van der Waals surface area contributed by atoms with Crippen molar-refractivity contribution < 1.29 is 28.2 Å². The third kappa shape index (κ3) is 2.52. The van der Waals surface area contributed by atoms with Crippen LogP contribution in [0.15, 0.2) is 10.2 Å². The van der Waals surface area contributed by atoms with E-state index in [1.54, 1.807) is 11.6 Å². The van der Waals surface area contributed by atoms with Crippen LogP contribution in [0.25, 0.3) is 0 Å². The van der Waals surface area contributed by atoms with E-state index in [4.69, 9.17) is 5.11 Å². The molecule has 0 bridgehead atoms. The zero-order valence-corrected chi connectivity index (χ0v) is 7.11. The second-order valence-electron chi connectivity index (χ2n) is 1.19. The average molecular weight is 150 g/mol. The molecule has 0 radical (unpaired) electrons. The topological polar surface area (TPSA) is 37.3 Å². The van der Waals surface area contributed by atoms with Crippen LogP contribution in [0.5, 0.6) is 0 Å². The van der Waals surface area contributed by atoms with E-state index in [9.17, 15) is 4.79 Å². The van der Waals surface area contributed by atoms with Crippen LogP contribution < -0.4 is 0 Å². The Morgan fingerprint density at radius 2 is 2.29 bits per heavy atom. The summed E-state index contributed by atoms with van der Waals surface area (Å²) < 4.78 is 1.68. The molecule has 0 aliphatic rings. The van der Waals surface area contributed by atoms with Crippen molar-refractivity contribution in [3.63, 3.8) is 0 Å². The van der Waals surface area contributed by atoms with E-state index in [1.165, 1.54) is 0 Å². The van der Waals surface area contributed by atoms with Crippen molar-refractivity contribution >= 4 is 5.97 Å². The van der Waals surface area contributed by atoms with Crippen LogP contribution in [-0.4, -0.2) is 11.1 Å². The van der Waals surface area contributed by atoms with Crippen molar-refractivity contribution in [2.75, 3.05) is 0 Å². The van der Waals surface area contributed by atoms with Gasteiger partial charge in [-0.3, -0.25) is 0 Å². The van der Waals surface area contributed by atoms with Gasteiger partial charge in [-0.2, -0.15) is 0 Å². The molecule has 0 rings (SSSR count). The molecule has 35 valence electrons. The summed E-state index contributed by atoms with van der Waals surface area (Å²) in [6.07, 6.45) is 0. The van der Waals surface area contributed by atoms with E-state index in [0.29, 0.717) is 5.57 Å². The summed E-state index contributed by atoms with van der Waals surface area (Å²) in [5, 5.41) is 8.13. The van der Waals surface area contributed by atoms with Gasteiger partial charge in [0.25, 0.3) is 0 Å². The number of carbonyl (C=O) groups is 1. The van der Waals surface area contributed by atoms with E-state index in [1.807, 2.05) is 0 Å². The summed E-state index contributed by atoms with van der Waals surface area (Å²) in [6, 6.07) is 0. The standard InChI is InChI=1S/C4H5O2.Zn/c1-3(2)4(5)6;/h1H,2H3,(H,5,6);. The zero-order chi connectivity index (χ0) is 5.86.